The Kier molecular flexibility index (Phi) is 7.93. The number of phosphoric acid groups is 3. The van der Waals surface area contributed by atoms with Crippen LogP contribution in [0, 0.1) is 0 Å². The minimum Gasteiger partial charge on any atom is -0.386 e. The highest BCUT2D eigenvalue weighted by atomic mass is 31.3. The van der Waals surface area contributed by atoms with E-state index in [0.717, 1.165) is 18.3 Å². The molecule has 188 valence electrons. The molecular formula is C12H20N3O15P3. The van der Waals surface area contributed by atoms with Crippen molar-refractivity contribution in [3.05, 3.63) is 45.8 Å². The minimum absolute atomic E-state index is 0.450. The fourth-order valence-corrected chi connectivity index (χ4v) is 6.01. The first-order valence-electron chi connectivity index (χ1n) is 8.45. The predicted molar refractivity (Wildman–Crippen MR) is 104 cm³/mol. The van der Waals surface area contributed by atoms with Crippen LogP contribution in [0.15, 0.2) is 34.5 Å². The summed E-state index contributed by atoms with van der Waals surface area (Å²) in [7, 11) is -17.0. The Balaban J connectivity index is 2.31. The topological polar surface area (TPSA) is 290 Å². The van der Waals surface area contributed by atoms with Crippen molar-refractivity contribution in [2.75, 3.05) is 6.61 Å². The molecule has 0 saturated carbocycles. The van der Waals surface area contributed by atoms with Crippen LogP contribution in [0.25, 0.3) is 0 Å². The molecule has 1 aliphatic heterocycles. The van der Waals surface area contributed by atoms with Crippen LogP contribution < -0.4 is 17.0 Å². The number of nitrogens with two attached hydrogens (primary N) is 1. The first-order chi connectivity index (χ1) is 14.9. The number of aliphatic hydroxyl groups excluding tert-OH is 1. The highest BCUT2D eigenvalue weighted by Gasteiger charge is 2.64. The molecule has 0 aromatic carbocycles. The second-order valence-corrected chi connectivity index (χ2v) is 11.0. The lowest BCUT2D eigenvalue weighted by Crippen LogP contribution is -2.65. The number of nitrogens with zero attached hydrogens (tertiary/aromatic N) is 1. The van der Waals surface area contributed by atoms with Gasteiger partial charge in [-0.2, -0.15) is 8.62 Å². The van der Waals surface area contributed by atoms with E-state index in [2.05, 4.69) is 19.7 Å². The summed E-state index contributed by atoms with van der Waals surface area (Å²) in [4.78, 5) is 61.2. The standard InChI is InChI=1S/C12H20N3O15P3/c1-2-4-11(15-5-3-8(16)14-10(15)18)12(13,19)9(17)7(28-11)6-27-32(23,24)30-33(25,26)29-31(20,21)22/h2-3,5,7,9,17,19H,1,4,6,13H2,(H,23,24)(H,25,26)(H,14,16,18)(H2,20,21,22)/t7-,9-,11-,12-/m1/s1. The number of nitrogens with one attached hydrogen (secondary N) is 1. The first-order valence-corrected chi connectivity index (χ1v) is 13.0. The van der Waals surface area contributed by atoms with Crippen LogP contribution >= 0.6 is 23.5 Å². The number of rotatable bonds is 10. The number of hydrogen-bond donors (Lipinski definition) is 8. The molecule has 1 saturated heterocycles. The molecule has 0 radical (unpaired) electrons. The number of phosphoric ester groups is 1. The van der Waals surface area contributed by atoms with Crippen LogP contribution in [0.4, 0.5) is 0 Å². The summed E-state index contributed by atoms with van der Waals surface area (Å²) in [5, 5.41) is 21.2. The van der Waals surface area contributed by atoms with Gasteiger partial charge in [0.1, 0.15) is 12.2 Å². The molecule has 0 amide bonds. The van der Waals surface area contributed by atoms with Crippen LogP contribution in [-0.2, 0) is 37.3 Å². The molecule has 21 heteroatoms. The van der Waals surface area contributed by atoms with Gasteiger partial charge in [0, 0.05) is 18.7 Å². The van der Waals surface area contributed by atoms with Crippen molar-refractivity contribution < 1.29 is 61.4 Å². The van der Waals surface area contributed by atoms with E-state index >= 15 is 0 Å². The molecule has 1 fully saturated rings. The van der Waals surface area contributed by atoms with Crippen molar-refractivity contribution in [3.63, 3.8) is 0 Å². The average molecular weight is 539 g/mol. The largest absolute Gasteiger partial charge is 0.490 e. The van der Waals surface area contributed by atoms with Gasteiger partial charge in [0.15, 0.2) is 11.4 Å². The Bertz CT molecular complexity index is 1160. The van der Waals surface area contributed by atoms with E-state index in [0.29, 0.717) is 4.57 Å². The Hall–Kier alpha value is -1.33. The molecule has 1 aromatic heterocycles. The van der Waals surface area contributed by atoms with E-state index in [4.69, 9.17) is 25.2 Å². The lowest BCUT2D eigenvalue weighted by atomic mass is 9.92. The van der Waals surface area contributed by atoms with E-state index in [-0.39, 0.29) is 0 Å². The van der Waals surface area contributed by atoms with Crippen LogP contribution in [0.1, 0.15) is 6.42 Å². The Morgan fingerprint density at radius 2 is 1.82 bits per heavy atom. The maximum atomic E-state index is 12.3. The highest BCUT2D eigenvalue weighted by molar-refractivity contribution is 7.66. The number of aromatic nitrogens is 2. The zero-order valence-corrected chi connectivity index (χ0v) is 18.9. The summed E-state index contributed by atoms with van der Waals surface area (Å²) in [6.45, 7) is 2.25. The van der Waals surface area contributed by atoms with Crippen LogP contribution in [0.5, 0.6) is 0 Å². The number of ether oxygens (including phenoxy) is 1. The first kappa shape index (κ1) is 27.9. The predicted octanol–water partition coefficient (Wildman–Crippen LogP) is -2.48. The van der Waals surface area contributed by atoms with Gasteiger partial charge in [0.05, 0.1) is 6.61 Å². The fourth-order valence-electron chi connectivity index (χ4n) is 2.98. The SMILES string of the molecule is C=CC[C@@]1(n2ccc(=O)[nH]c2=O)O[C@H](COP(=O)(O)OP(=O)(O)OP(=O)(O)O)[C@@H](O)[C@@]1(N)O. The van der Waals surface area contributed by atoms with Crippen molar-refractivity contribution in [2.24, 2.45) is 5.73 Å². The summed E-state index contributed by atoms with van der Waals surface area (Å²) >= 11 is 0. The number of hydrogen-bond acceptors (Lipinski definition) is 12. The summed E-state index contributed by atoms with van der Waals surface area (Å²) in [5.74, 6) is 0. The van der Waals surface area contributed by atoms with Gasteiger partial charge in [0.25, 0.3) is 5.56 Å². The molecule has 2 heterocycles. The van der Waals surface area contributed by atoms with Crippen molar-refractivity contribution >= 4 is 23.5 Å². The van der Waals surface area contributed by atoms with Gasteiger partial charge in [0.2, 0.25) is 0 Å². The van der Waals surface area contributed by atoms with E-state index in [1.165, 1.54) is 0 Å². The van der Waals surface area contributed by atoms with Crippen molar-refractivity contribution in [1.82, 2.24) is 9.55 Å². The van der Waals surface area contributed by atoms with Crippen molar-refractivity contribution in [1.29, 1.82) is 0 Å². The lowest BCUT2D eigenvalue weighted by Gasteiger charge is -2.39. The van der Waals surface area contributed by atoms with Gasteiger partial charge in [-0.05, 0) is 0 Å². The Morgan fingerprint density at radius 1 is 1.21 bits per heavy atom. The molecule has 2 rings (SSSR count). The molecule has 6 atom stereocenters. The molecule has 1 aliphatic rings. The van der Waals surface area contributed by atoms with Crippen LogP contribution in [-0.4, -0.2) is 63.9 Å². The zero-order chi connectivity index (χ0) is 25.5. The molecule has 0 spiro atoms. The minimum atomic E-state index is -5.80. The number of aromatic amines is 1. The summed E-state index contributed by atoms with van der Waals surface area (Å²) < 4.78 is 51.5. The molecule has 33 heavy (non-hydrogen) atoms. The second-order valence-electron chi connectivity index (χ2n) is 6.57. The van der Waals surface area contributed by atoms with E-state index in [1.807, 2.05) is 4.98 Å². The highest BCUT2D eigenvalue weighted by Crippen LogP contribution is 2.66. The Morgan fingerprint density at radius 3 is 2.33 bits per heavy atom. The summed E-state index contributed by atoms with van der Waals surface area (Å²) in [5.41, 5.74) is -1.25. The molecule has 1 aromatic rings. The normalized spacial score (nSPS) is 31.6. The quantitative estimate of drug-likeness (QED) is 0.0867. The van der Waals surface area contributed by atoms with Crippen LogP contribution in [0.3, 0.4) is 0 Å². The summed E-state index contributed by atoms with van der Waals surface area (Å²) in [6.07, 6.45) is -2.37. The van der Waals surface area contributed by atoms with Gasteiger partial charge < -0.3 is 34.5 Å². The van der Waals surface area contributed by atoms with Gasteiger partial charge >= 0.3 is 29.2 Å². The monoisotopic (exact) mass is 539 g/mol. The lowest BCUT2D eigenvalue weighted by molar-refractivity contribution is -0.194. The van der Waals surface area contributed by atoms with E-state index < -0.39 is 71.4 Å². The maximum absolute atomic E-state index is 12.3. The summed E-state index contributed by atoms with van der Waals surface area (Å²) in [6, 6.07) is 0.872. The van der Waals surface area contributed by atoms with Gasteiger partial charge in [-0.15, -0.1) is 6.58 Å². The van der Waals surface area contributed by atoms with Crippen molar-refractivity contribution in [2.45, 2.75) is 30.1 Å². The smallest absolute Gasteiger partial charge is 0.386 e. The number of H-pyrrole nitrogens is 1. The average Bonchev–Trinajstić information content (AvgIpc) is 2.78. The molecule has 9 N–H and O–H groups in total. The fraction of sp³-hybridized carbons (Fsp3) is 0.500. The van der Waals surface area contributed by atoms with E-state index in [9.17, 15) is 38.4 Å². The van der Waals surface area contributed by atoms with Gasteiger partial charge in [-0.25, -0.2) is 18.5 Å². The second kappa shape index (κ2) is 9.37. The maximum Gasteiger partial charge on any atom is 0.490 e. The third-order valence-corrected chi connectivity index (χ3v) is 8.03. The van der Waals surface area contributed by atoms with Gasteiger partial charge in [-0.1, -0.05) is 6.08 Å². The van der Waals surface area contributed by atoms with Crippen LogP contribution in [0.2, 0.25) is 0 Å². The molecule has 2 unspecified atom stereocenters. The van der Waals surface area contributed by atoms with Crippen molar-refractivity contribution in [3.8, 4) is 0 Å². The van der Waals surface area contributed by atoms with E-state index in [1.54, 1.807) is 0 Å². The third kappa shape index (κ3) is 6.22. The molecule has 0 bridgehead atoms. The number of aliphatic hydroxyl groups is 2. The molecule has 18 nitrogen and oxygen atoms in total. The van der Waals surface area contributed by atoms with Gasteiger partial charge in [-0.3, -0.25) is 24.6 Å². The third-order valence-electron chi connectivity index (χ3n) is 4.23. The zero-order valence-electron chi connectivity index (χ0n) is 16.2. The molecular weight excluding hydrogens is 519 g/mol. The Labute approximate surface area is 183 Å². The molecule has 0 aliphatic carbocycles.